The molecule has 2 amide bonds. The van der Waals surface area contributed by atoms with Crippen molar-refractivity contribution in [2.75, 3.05) is 54.4 Å². The number of fused-ring (bicyclic) bond motifs is 1. The normalized spacial score (nSPS) is 16.9. The van der Waals surface area contributed by atoms with Crippen LogP contribution in [0.15, 0.2) is 54.9 Å². The number of amides is 2. The number of benzene rings is 2. The first-order valence-electron chi connectivity index (χ1n) is 10.6. The topological polar surface area (TPSA) is 64.6 Å². The molecule has 2 aliphatic heterocycles. The molecule has 2 aliphatic rings. The Morgan fingerprint density at radius 3 is 2.17 bits per heavy atom. The molecule has 3 heterocycles. The Balaban J connectivity index is 1.20. The zero-order chi connectivity index (χ0) is 20.3. The Morgan fingerprint density at radius 2 is 1.43 bits per heavy atom. The van der Waals surface area contributed by atoms with Gasteiger partial charge in [-0.25, -0.2) is 14.8 Å². The zero-order valence-electron chi connectivity index (χ0n) is 17.0. The molecule has 0 atom stereocenters. The van der Waals surface area contributed by atoms with Gasteiger partial charge in [0, 0.05) is 51.0 Å². The standard InChI is InChI=1S/C23H26N6O/c30-23(26-20-8-7-18-5-1-2-6-19(18)15-20)29-13-11-28(12-14-29)22-16-21(24-17-25-22)27-9-3-4-10-27/h1-2,5-8,15-17H,3-4,9-14H2,(H,26,30). The molecule has 0 bridgehead atoms. The Morgan fingerprint density at radius 1 is 0.767 bits per heavy atom. The third-order valence-electron chi connectivity index (χ3n) is 5.96. The molecule has 0 radical (unpaired) electrons. The van der Waals surface area contributed by atoms with E-state index in [1.807, 2.05) is 35.2 Å². The van der Waals surface area contributed by atoms with Crippen molar-refractivity contribution in [2.24, 2.45) is 0 Å². The molecular weight excluding hydrogens is 376 g/mol. The van der Waals surface area contributed by atoms with Gasteiger partial charge in [-0.3, -0.25) is 0 Å². The van der Waals surface area contributed by atoms with E-state index < -0.39 is 0 Å². The van der Waals surface area contributed by atoms with Crippen molar-refractivity contribution in [3.8, 4) is 0 Å². The smallest absolute Gasteiger partial charge is 0.321 e. The predicted octanol–water partition coefficient (Wildman–Crippen LogP) is 3.58. The van der Waals surface area contributed by atoms with Gasteiger partial charge in [-0.05, 0) is 35.7 Å². The van der Waals surface area contributed by atoms with E-state index in [0.717, 1.165) is 48.9 Å². The number of nitrogens with zero attached hydrogens (tertiary/aromatic N) is 5. The van der Waals surface area contributed by atoms with Crippen molar-refractivity contribution in [1.29, 1.82) is 0 Å². The first-order chi connectivity index (χ1) is 14.8. The average Bonchev–Trinajstić information content (AvgIpc) is 3.34. The van der Waals surface area contributed by atoms with Crippen LogP contribution in [0.4, 0.5) is 22.1 Å². The molecule has 2 saturated heterocycles. The lowest BCUT2D eigenvalue weighted by Crippen LogP contribution is -2.50. The van der Waals surface area contributed by atoms with Gasteiger partial charge in [0.1, 0.15) is 18.0 Å². The minimum atomic E-state index is -0.0506. The molecule has 0 unspecified atom stereocenters. The van der Waals surface area contributed by atoms with Crippen molar-refractivity contribution in [2.45, 2.75) is 12.8 Å². The fraction of sp³-hybridized carbons (Fsp3) is 0.348. The van der Waals surface area contributed by atoms with Crippen LogP contribution in [0.1, 0.15) is 12.8 Å². The Hall–Kier alpha value is -3.35. The van der Waals surface area contributed by atoms with Crippen molar-refractivity contribution < 1.29 is 4.79 Å². The van der Waals surface area contributed by atoms with Crippen LogP contribution in [-0.4, -0.2) is 60.2 Å². The Kier molecular flexibility index (Phi) is 5.09. The highest BCUT2D eigenvalue weighted by Crippen LogP contribution is 2.23. The summed E-state index contributed by atoms with van der Waals surface area (Å²) in [7, 11) is 0. The Bertz CT molecular complexity index is 1040. The molecule has 3 aromatic rings. The number of anilines is 3. The minimum absolute atomic E-state index is 0.0506. The molecule has 1 aromatic heterocycles. The number of hydrogen-bond donors (Lipinski definition) is 1. The fourth-order valence-corrected chi connectivity index (χ4v) is 4.24. The SMILES string of the molecule is O=C(Nc1ccc2ccccc2c1)N1CCN(c2cc(N3CCCC3)ncn2)CC1. The predicted molar refractivity (Wildman–Crippen MR) is 120 cm³/mol. The highest BCUT2D eigenvalue weighted by atomic mass is 16.2. The van der Waals surface area contributed by atoms with Crippen LogP contribution in [0, 0.1) is 0 Å². The van der Waals surface area contributed by atoms with Gasteiger partial charge in [-0.2, -0.15) is 0 Å². The van der Waals surface area contributed by atoms with Crippen molar-refractivity contribution >= 4 is 34.1 Å². The number of hydrogen-bond acceptors (Lipinski definition) is 5. The highest BCUT2D eigenvalue weighted by Gasteiger charge is 2.23. The number of carbonyl (C=O) groups is 1. The Labute approximate surface area is 176 Å². The van der Waals surface area contributed by atoms with Crippen LogP contribution in [0.25, 0.3) is 10.8 Å². The van der Waals surface area contributed by atoms with E-state index in [2.05, 4.69) is 43.3 Å². The van der Waals surface area contributed by atoms with Gasteiger partial charge < -0.3 is 20.0 Å². The molecule has 2 fully saturated rings. The second kappa shape index (κ2) is 8.18. The molecule has 2 aromatic carbocycles. The van der Waals surface area contributed by atoms with Crippen LogP contribution in [-0.2, 0) is 0 Å². The van der Waals surface area contributed by atoms with Crippen molar-refractivity contribution in [3.63, 3.8) is 0 Å². The van der Waals surface area contributed by atoms with Crippen LogP contribution in [0.3, 0.4) is 0 Å². The van der Waals surface area contributed by atoms with E-state index in [1.54, 1.807) is 6.33 Å². The second-order valence-electron chi connectivity index (χ2n) is 7.89. The number of aromatic nitrogens is 2. The maximum atomic E-state index is 12.7. The number of carbonyl (C=O) groups excluding carboxylic acids is 1. The summed E-state index contributed by atoms with van der Waals surface area (Å²) in [6.07, 6.45) is 4.11. The molecule has 0 aliphatic carbocycles. The van der Waals surface area contributed by atoms with Crippen LogP contribution in [0.2, 0.25) is 0 Å². The van der Waals surface area contributed by atoms with Crippen molar-refractivity contribution in [3.05, 3.63) is 54.9 Å². The average molecular weight is 403 g/mol. The van der Waals surface area contributed by atoms with E-state index >= 15 is 0 Å². The monoisotopic (exact) mass is 402 g/mol. The molecule has 0 saturated carbocycles. The third-order valence-corrected chi connectivity index (χ3v) is 5.96. The number of urea groups is 1. The van der Waals surface area contributed by atoms with E-state index in [0.29, 0.717) is 13.1 Å². The van der Waals surface area contributed by atoms with Crippen LogP contribution >= 0.6 is 0 Å². The third kappa shape index (κ3) is 3.87. The zero-order valence-corrected chi connectivity index (χ0v) is 17.0. The number of rotatable bonds is 3. The van der Waals surface area contributed by atoms with Crippen molar-refractivity contribution in [1.82, 2.24) is 14.9 Å². The summed E-state index contributed by atoms with van der Waals surface area (Å²) in [5, 5.41) is 5.33. The van der Waals surface area contributed by atoms with E-state index in [1.165, 1.54) is 18.2 Å². The largest absolute Gasteiger partial charge is 0.356 e. The van der Waals surface area contributed by atoms with Gasteiger partial charge in [0.2, 0.25) is 0 Å². The second-order valence-corrected chi connectivity index (χ2v) is 7.89. The molecule has 0 spiro atoms. The highest BCUT2D eigenvalue weighted by molar-refractivity contribution is 5.93. The van der Waals surface area contributed by atoms with Gasteiger partial charge in [-0.1, -0.05) is 30.3 Å². The quantitative estimate of drug-likeness (QED) is 0.725. The van der Waals surface area contributed by atoms with Gasteiger partial charge in [0.25, 0.3) is 0 Å². The van der Waals surface area contributed by atoms with Gasteiger partial charge >= 0.3 is 6.03 Å². The summed E-state index contributed by atoms with van der Waals surface area (Å²) in [4.78, 5) is 28.1. The summed E-state index contributed by atoms with van der Waals surface area (Å²) >= 11 is 0. The molecule has 1 N–H and O–H groups in total. The number of nitrogens with one attached hydrogen (secondary N) is 1. The first-order valence-corrected chi connectivity index (χ1v) is 10.6. The summed E-state index contributed by atoms with van der Waals surface area (Å²) in [5.74, 6) is 1.95. The first kappa shape index (κ1) is 18.7. The van der Waals surface area contributed by atoms with Gasteiger partial charge in [-0.15, -0.1) is 0 Å². The van der Waals surface area contributed by atoms with Crippen LogP contribution in [0.5, 0.6) is 0 Å². The maximum absolute atomic E-state index is 12.7. The minimum Gasteiger partial charge on any atom is -0.356 e. The van der Waals surface area contributed by atoms with E-state index in [4.69, 9.17) is 0 Å². The summed E-state index contributed by atoms with van der Waals surface area (Å²) in [5.41, 5.74) is 0.826. The van der Waals surface area contributed by atoms with Crippen LogP contribution < -0.4 is 15.1 Å². The van der Waals surface area contributed by atoms with E-state index in [9.17, 15) is 4.79 Å². The van der Waals surface area contributed by atoms with Gasteiger partial charge in [0.15, 0.2) is 0 Å². The lowest BCUT2D eigenvalue weighted by atomic mass is 10.1. The lowest BCUT2D eigenvalue weighted by molar-refractivity contribution is 0.208. The number of piperazine rings is 1. The molecule has 7 heteroatoms. The summed E-state index contributed by atoms with van der Waals surface area (Å²) in [6, 6.07) is 16.2. The lowest BCUT2D eigenvalue weighted by Gasteiger charge is -2.35. The molecule has 30 heavy (non-hydrogen) atoms. The fourth-order valence-electron chi connectivity index (χ4n) is 4.24. The molecular formula is C23H26N6O. The molecule has 154 valence electrons. The summed E-state index contributed by atoms with van der Waals surface area (Å²) in [6.45, 7) is 5.01. The van der Waals surface area contributed by atoms with E-state index in [-0.39, 0.29) is 6.03 Å². The molecule has 5 rings (SSSR count). The maximum Gasteiger partial charge on any atom is 0.321 e. The molecule has 7 nitrogen and oxygen atoms in total. The van der Waals surface area contributed by atoms with Gasteiger partial charge in [0.05, 0.1) is 0 Å². The summed E-state index contributed by atoms with van der Waals surface area (Å²) < 4.78 is 0.